The highest BCUT2D eigenvalue weighted by Gasteiger charge is 2.18. The van der Waals surface area contributed by atoms with Crippen LogP contribution in [0.15, 0.2) is 29.4 Å². The zero-order chi connectivity index (χ0) is 15.4. The van der Waals surface area contributed by atoms with Gasteiger partial charge >= 0.3 is 11.9 Å². The Morgan fingerprint density at radius 3 is 2.43 bits per heavy atom. The Labute approximate surface area is 117 Å². The minimum Gasteiger partial charge on any atom is -0.390 e. The van der Waals surface area contributed by atoms with E-state index in [-0.39, 0.29) is 11.6 Å². The molecule has 1 aromatic heterocycles. The second-order valence-electron chi connectivity index (χ2n) is 3.83. The number of anilines is 1. The maximum absolute atomic E-state index is 10.5. The molecule has 0 aliphatic carbocycles. The molecule has 2 aromatic rings. The molecule has 0 aliphatic rings. The lowest BCUT2D eigenvalue weighted by molar-refractivity contribution is -0.394. The average Bonchev–Trinajstić information content (AvgIpc) is 2.81. The van der Waals surface area contributed by atoms with E-state index in [2.05, 4.69) is 20.6 Å². The van der Waals surface area contributed by atoms with Gasteiger partial charge in [-0.15, -0.1) is 0 Å². The third-order valence-electron chi connectivity index (χ3n) is 2.40. The van der Waals surface area contributed by atoms with Gasteiger partial charge in [-0.05, 0) is 27.6 Å². The van der Waals surface area contributed by atoms with Crippen molar-refractivity contribution in [1.82, 2.24) is 14.8 Å². The molecule has 0 saturated carbocycles. The minimum atomic E-state index is -0.717. The number of nitro groups is 2. The normalized spacial score (nSPS) is 10.7. The van der Waals surface area contributed by atoms with E-state index in [9.17, 15) is 20.2 Å². The molecule has 0 bridgehead atoms. The summed E-state index contributed by atoms with van der Waals surface area (Å²) in [6.45, 7) is 0. The van der Waals surface area contributed by atoms with Crippen LogP contribution < -0.4 is 5.43 Å². The third kappa shape index (κ3) is 3.34. The van der Waals surface area contributed by atoms with Crippen molar-refractivity contribution in [3.05, 3.63) is 50.1 Å². The first-order valence-corrected chi connectivity index (χ1v) is 5.56. The number of hydrogen-bond donors (Lipinski definition) is 1. The summed E-state index contributed by atoms with van der Waals surface area (Å²) in [5.41, 5.74) is 3.09. The maximum Gasteiger partial charge on any atom is 0.493 e. The van der Waals surface area contributed by atoms with Gasteiger partial charge in [0.25, 0.3) is 5.69 Å². The number of nitrogens with one attached hydrogen (secondary N) is 1. The molecule has 0 unspecified atom stereocenters. The van der Waals surface area contributed by atoms with Gasteiger partial charge in [0.05, 0.1) is 11.1 Å². The summed E-state index contributed by atoms with van der Waals surface area (Å²) in [4.78, 5) is 23.4. The van der Waals surface area contributed by atoms with E-state index < -0.39 is 15.8 Å². The summed E-state index contributed by atoms with van der Waals surface area (Å²) < 4.78 is 1.17. The van der Waals surface area contributed by atoms with Crippen LogP contribution in [0, 0.1) is 20.2 Å². The van der Waals surface area contributed by atoms with Gasteiger partial charge in [0.15, 0.2) is 0 Å². The summed E-state index contributed by atoms with van der Waals surface area (Å²) in [6.07, 6.45) is 1.39. The topological polar surface area (TPSA) is 141 Å². The van der Waals surface area contributed by atoms with Crippen LogP contribution in [-0.4, -0.2) is 30.8 Å². The fourth-order valence-corrected chi connectivity index (χ4v) is 1.39. The van der Waals surface area contributed by atoms with Gasteiger partial charge < -0.3 is 10.1 Å². The lowest BCUT2D eigenvalue weighted by Gasteiger charge is -1.94. The molecule has 1 aromatic carbocycles. The zero-order valence-electron chi connectivity index (χ0n) is 10.7. The minimum absolute atomic E-state index is 0.0240. The second kappa shape index (κ2) is 5.73. The van der Waals surface area contributed by atoms with Crippen LogP contribution in [0.2, 0.25) is 0 Å². The SMILES string of the molecule is Cn1nc([N+](=O)[O-])nc1NN=Cc1ccc([N+](=O)[O-])cc1. The number of nitrogens with zero attached hydrogens (tertiary/aromatic N) is 6. The Balaban J connectivity index is 2.05. The fourth-order valence-electron chi connectivity index (χ4n) is 1.39. The van der Waals surface area contributed by atoms with Crippen molar-refractivity contribution in [3.63, 3.8) is 0 Å². The first-order valence-electron chi connectivity index (χ1n) is 5.56. The van der Waals surface area contributed by atoms with Crippen molar-refractivity contribution in [3.8, 4) is 0 Å². The monoisotopic (exact) mass is 291 g/mol. The molecular formula is C10H9N7O4. The molecule has 11 heteroatoms. The maximum atomic E-state index is 10.5. The van der Waals surface area contributed by atoms with E-state index in [0.717, 1.165) is 0 Å². The van der Waals surface area contributed by atoms with Crippen LogP contribution in [0.25, 0.3) is 0 Å². The van der Waals surface area contributed by atoms with Crippen LogP contribution in [-0.2, 0) is 7.05 Å². The molecule has 21 heavy (non-hydrogen) atoms. The molecule has 2 rings (SSSR count). The quantitative estimate of drug-likeness (QED) is 0.493. The number of hydrogen-bond acceptors (Lipinski definition) is 8. The summed E-state index contributed by atoms with van der Waals surface area (Å²) in [7, 11) is 1.48. The first-order chi connectivity index (χ1) is 9.97. The van der Waals surface area contributed by atoms with Crippen LogP contribution >= 0.6 is 0 Å². The molecule has 1 heterocycles. The lowest BCUT2D eigenvalue weighted by Crippen LogP contribution is -2.00. The third-order valence-corrected chi connectivity index (χ3v) is 2.40. The van der Waals surface area contributed by atoms with Crippen LogP contribution in [0.4, 0.5) is 17.6 Å². The Morgan fingerprint density at radius 2 is 1.90 bits per heavy atom. The van der Waals surface area contributed by atoms with Crippen molar-refractivity contribution < 1.29 is 9.85 Å². The second-order valence-corrected chi connectivity index (χ2v) is 3.83. The highest BCUT2D eigenvalue weighted by Crippen LogP contribution is 2.11. The zero-order valence-corrected chi connectivity index (χ0v) is 10.7. The molecule has 0 aliphatic heterocycles. The molecule has 0 amide bonds. The fraction of sp³-hybridized carbons (Fsp3) is 0.100. The summed E-state index contributed by atoms with van der Waals surface area (Å²) in [5, 5.41) is 28.4. The summed E-state index contributed by atoms with van der Waals surface area (Å²) in [6, 6.07) is 5.72. The van der Waals surface area contributed by atoms with Gasteiger partial charge in [0.2, 0.25) is 0 Å². The van der Waals surface area contributed by atoms with Gasteiger partial charge in [-0.1, -0.05) is 0 Å². The molecule has 11 nitrogen and oxygen atoms in total. The van der Waals surface area contributed by atoms with Crippen LogP contribution in [0.5, 0.6) is 0 Å². The number of benzene rings is 1. The van der Waals surface area contributed by atoms with Crippen molar-refractivity contribution in [2.24, 2.45) is 12.1 Å². The van der Waals surface area contributed by atoms with Crippen LogP contribution in [0.1, 0.15) is 5.56 Å². The number of rotatable bonds is 5. The standard InChI is InChI=1S/C10H9N7O4/c1-15-9(12-10(14-15)17(20)21)13-11-6-7-2-4-8(5-3-7)16(18)19/h2-6H,1H3,(H,12,13,14). The van der Waals surface area contributed by atoms with E-state index in [1.165, 1.54) is 42.2 Å². The van der Waals surface area contributed by atoms with E-state index >= 15 is 0 Å². The Hall–Kier alpha value is -3.37. The molecule has 108 valence electrons. The lowest BCUT2D eigenvalue weighted by atomic mass is 10.2. The average molecular weight is 291 g/mol. The van der Waals surface area contributed by atoms with Crippen molar-refractivity contribution in [1.29, 1.82) is 0 Å². The molecular weight excluding hydrogens is 282 g/mol. The van der Waals surface area contributed by atoms with E-state index in [4.69, 9.17) is 0 Å². The highest BCUT2D eigenvalue weighted by molar-refractivity contribution is 5.80. The molecule has 0 atom stereocenters. The Bertz CT molecular complexity index is 707. The summed E-state index contributed by atoms with van der Waals surface area (Å²) in [5.74, 6) is -0.439. The van der Waals surface area contributed by atoms with E-state index in [1.54, 1.807) is 0 Å². The number of hydrazone groups is 1. The highest BCUT2D eigenvalue weighted by atomic mass is 16.6. The molecule has 0 radical (unpaired) electrons. The Morgan fingerprint density at radius 1 is 1.24 bits per heavy atom. The molecule has 0 spiro atoms. The Kier molecular flexibility index (Phi) is 3.83. The smallest absolute Gasteiger partial charge is 0.390 e. The van der Waals surface area contributed by atoms with Gasteiger partial charge in [0, 0.05) is 24.3 Å². The first kappa shape index (κ1) is 14.0. The van der Waals surface area contributed by atoms with E-state index in [1.807, 2.05) is 0 Å². The van der Waals surface area contributed by atoms with Gasteiger partial charge in [-0.2, -0.15) is 9.78 Å². The van der Waals surface area contributed by atoms with Crippen LogP contribution in [0.3, 0.4) is 0 Å². The molecule has 0 saturated heterocycles. The van der Waals surface area contributed by atoms with Crippen molar-refractivity contribution >= 4 is 23.8 Å². The number of aromatic nitrogens is 3. The number of aryl methyl sites for hydroxylation is 1. The van der Waals surface area contributed by atoms with E-state index in [0.29, 0.717) is 5.56 Å². The molecule has 1 N–H and O–H groups in total. The largest absolute Gasteiger partial charge is 0.493 e. The van der Waals surface area contributed by atoms with Gasteiger partial charge in [-0.3, -0.25) is 10.1 Å². The summed E-state index contributed by atoms with van der Waals surface area (Å²) >= 11 is 0. The number of nitro benzene ring substituents is 1. The van der Waals surface area contributed by atoms with Crippen molar-refractivity contribution in [2.75, 3.05) is 5.43 Å². The van der Waals surface area contributed by atoms with Gasteiger partial charge in [-0.25, -0.2) is 5.43 Å². The number of non-ortho nitro benzene ring substituents is 1. The van der Waals surface area contributed by atoms with Crippen molar-refractivity contribution in [2.45, 2.75) is 0 Å². The predicted molar refractivity (Wildman–Crippen MR) is 72.0 cm³/mol. The predicted octanol–water partition coefficient (Wildman–Crippen LogP) is 1.08. The van der Waals surface area contributed by atoms with Gasteiger partial charge in [0.1, 0.15) is 0 Å². The molecule has 0 fully saturated rings.